The SMILES string of the molecule is CC(=COC(=O)OC=C(C)CC(C)C)CC(C)C. The molecule has 0 saturated carbocycles. The van der Waals surface area contributed by atoms with Crippen LogP contribution in [0.4, 0.5) is 4.79 Å². The molecule has 0 atom stereocenters. The Labute approximate surface area is 111 Å². The molecule has 18 heavy (non-hydrogen) atoms. The van der Waals surface area contributed by atoms with Crippen LogP contribution in [0.1, 0.15) is 54.4 Å². The van der Waals surface area contributed by atoms with Gasteiger partial charge in [0.25, 0.3) is 0 Å². The highest BCUT2D eigenvalue weighted by molar-refractivity contribution is 5.61. The summed E-state index contributed by atoms with van der Waals surface area (Å²) in [6.07, 6.45) is 4.08. The van der Waals surface area contributed by atoms with Crippen molar-refractivity contribution in [2.75, 3.05) is 0 Å². The molecule has 0 aliphatic heterocycles. The van der Waals surface area contributed by atoms with Crippen molar-refractivity contribution in [3.8, 4) is 0 Å². The van der Waals surface area contributed by atoms with E-state index in [1.165, 1.54) is 12.5 Å². The zero-order chi connectivity index (χ0) is 14.1. The molecule has 0 heterocycles. The van der Waals surface area contributed by atoms with Crippen LogP contribution in [-0.2, 0) is 9.47 Å². The van der Waals surface area contributed by atoms with Crippen molar-refractivity contribution in [2.45, 2.75) is 54.4 Å². The molecule has 3 nitrogen and oxygen atoms in total. The first-order chi connectivity index (χ1) is 8.31. The zero-order valence-corrected chi connectivity index (χ0v) is 12.4. The third kappa shape index (κ3) is 9.94. The molecule has 0 bridgehead atoms. The number of carbonyl (C=O) groups excluding carboxylic acids is 1. The van der Waals surface area contributed by atoms with E-state index >= 15 is 0 Å². The fourth-order valence-corrected chi connectivity index (χ4v) is 1.71. The van der Waals surface area contributed by atoms with Gasteiger partial charge in [0.1, 0.15) is 0 Å². The molecule has 0 N–H and O–H groups in total. The molecule has 0 aromatic carbocycles. The molecule has 0 aliphatic carbocycles. The lowest BCUT2D eigenvalue weighted by Gasteiger charge is -2.06. The first-order valence-electron chi connectivity index (χ1n) is 6.49. The summed E-state index contributed by atoms with van der Waals surface area (Å²) in [5.74, 6) is 1.10. The minimum atomic E-state index is -0.679. The lowest BCUT2D eigenvalue weighted by Crippen LogP contribution is -2.01. The third-order valence-electron chi connectivity index (χ3n) is 2.17. The van der Waals surface area contributed by atoms with E-state index in [1.807, 2.05) is 13.8 Å². The molecule has 0 rings (SSSR count). The van der Waals surface area contributed by atoms with Gasteiger partial charge < -0.3 is 9.47 Å². The summed E-state index contributed by atoms with van der Waals surface area (Å²) in [5, 5.41) is 0. The molecule has 0 fully saturated rings. The third-order valence-corrected chi connectivity index (χ3v) is 2.17. The molecule has 3 heteroatoms. The predicted molar refractivity (Wildman–Crippen MR) is 74.0 cm³/mol. The van der Waals surface area contributed by atoms with Crippen LogP contribution in [0, 0.1) is 11.8 Å². The van der Waals surface area contributed by atoms with Crippen LogP contribution in [0.3, 0.4) is 0 Å². The van der Waals surface area contributed by atoms with E-state index in [2.05, 4.69) is 27.7 Å². The molecule has 0 aromatic rings. The highest BCUT2D eigenvalue weighted by Crippen LogP contribution is 2.11. The summed E-state index contributed by atoms with van der Waals surface area (Å²) in [6.45, 7) is 12.4. The lowest BCUT2D eigenvalue weighted by atomic mass is 10.1. The molecular weight excluding hydrogens is 228 g/mol. The Kier molecular flexibility index (Phi) is 8.17. The molecule has 0 aromatic heterocycles. The minimum Gasteiger partial charge on any atom is -0.403 e. The maximum Gasteiger partial charge on any atom is 0.518 e. The van der Waals surface area contributed by atoms with Crippen LogP contribution >= 0.6 is 0 Å². The predicted octanol–water partition coefficient (Wildman–Crippen LogP) is 5.04. The van der Waals surface area contributed by atoms with Crippen LogP contribution in [0.25, 0.3) is 0 Å². The van der Waals surface area contributed by atoms with E-state index in [4.69, 9.17) is 9.47 Å². The van der Waals surface area contributed by atoms with Gasteiger partial charge in [0, 0.05) is 0 Å². The van der Waals surface area contributed by atoms with Crippen molar-refractivity contribution >= 4 is 6.16 Å². The van der Waals surface area contributed by atoms with E-state index in [1.54, 1.807) is 0 Å². The van der Waals surface area contributed by atoms with E-state index in [0.717, 1.165) is 24.0 Å². The highest BCUT2D eigenvalue weighted by atomic mass is 16.7. The summed E-state index contributed by atoms with van der Waals surface area (Å²) in [7, 11) is 0. The Bertz CT molecular complexity index is 282. The molecular formula is C15H26O3. The Balaban J connectivity index is 4.05. The Morgan fingerprint density at radius 1 is 0.889 bits per heavy atom. The van der Waals surface area contributed by atoms with Crippen LogP contribution in [0.15, 0.2) is 23.7 Å². The Morgan fingerprint density at radius 3 is 1.50 bits per heavy atom. The highest BCUT2D eigenvalue weighted by Gasteiger charge is 2.03. The van der Waals surface area contributed by atoms with Gasteiger partial charge in [0.15, 0.2) is 0 Å². The van der Waals surface area contributed by atoms with Crippen molar-refractivity contribution in [3.05, 3.63) is 23.7 Å². The van der Waals surface area contributed by atoms with E-state index < -0.39 is 6.16 Å². The maximum atomic E-state index is 11.3. The van der Waals surface area contributed by atoms with Crippen molar-refractivity contribution in [1.82, 2.24) is 0 Å². The summed E-state index contributed by atoms with van der Waals surface area (Å²) < 4.78 is 9.78. The van der Waals surface area contributed by atoms with Gasteiger partial charge in [-0.1, -0.05) is 27.7 Å². The van der Waals surface area contributed by atoms with Gasteiger partial charge in [-0.25, -0.2) is 4.79 Å². The minimum absolute atomic E-state index is 0.550. The number of hydrogen-bond donors (Lipinski definition) is 0. The number of rotatable bonds is 6. The van der Waals surface area contributed by atoms with Crippen LogP contribution in [-0.4, -0.2) is 6.16 Å². The van der Waals surface area contributed by atoms with E-state index in [-0.39, 0.29) is 0 Å². The maximum absolute atomic E-state index is 11.3. The molecule has 0 unspecified atom stereocenters. The average molecular weight is 254 g/mol. The zero-order valence-electron chi connectivity index (χ0n) is 12.4. The van der Waals surface area contributed by atoms with Crippen molar-refractivity contribution in [3.63, 3.8) is 0 Å². The van der Waals surface area contributed by atoms with Crippen LogP contribution in [0.5, 0.6) is 0 Å². The summed E-state index contributed by atoms with van der Waals surface area (Å²) in [6, 6.07) is 0. The van der Waals surface area contributed by atoms with Gasteiger partial charge >= 0.3 is 6.16 Å². The molecule has 0 aliphatic rings. The number of hydrogen-bond acceptors (Lipinski definition) is 3. The quantitative estimate of drug-likeness (QED) is 0.492. The standard InChI is InChI=1S/C15H26O3/c1-11(2)7-13(5)9-17-15(16)18-10-14(6)8-12(3)4/h9-12H,7-8H2,1-6H3. The van der Waals surface area contributed by atoms with E-state index in [9.17, 15) is 4.79 Å². The van der Waals surface area contributed by atoms with Gasteiger partial charge in [-0.3, -0.25) is 0 Å². The molecule has 0 radical (unpaired) electrons. The summed E-state index contributed by atoms with van der Waals surface area (Å²) in [5.41, 5.74) is 2.06. The monoisotopic (exact) mass is 254 g/mol. The first-order valence-corrected chi connectivity index (χ1v) is 6.49. The number of allylic oxidation sites excluding steroid dienone is 2. The first kappa shape index (κ1) is 16.8. The van der Waals surface area contributed by atoms with E-state index in [0.29, 0.717) is 11.8 Å². The number of ether oxygens (including phenoxy) is 2. The second-order valence-electron chi connectivity index (χ2n) is 5.61. The van der Waals surface area contributed by atoms with Gasteiger partial charge in [0.2, 0.25) is 0 Å². The fraction of sp³-hybridized carbons (Fsp3) is 0.667. The van der Waals surface area contributed by atoms with Crippen molar-refractivity contribution < 1.29 is 14.3 Å². The summed E-state index contributed by atoms with van der Waals surface area (Å²) >= 11 is 0. The molecule has 0 amide bonds. The Morgan fingerprint density at radius 2 is 1.22 bits per heavy atom. The molecule has 104 valence electrons. The Hall–Kier alpha value is -1.25. The molecule has 0 saturated heterocycles. The van der Waals surface area contributed by atoms with Gasteiger partial charge in [0.05, 0.1) is 12.5 Å². The molecule has 0 spiro atoms. The summed E-state index contributed by atoms with van der Waals surface area (Å²) in [4.78, 5) is 11.3. The van der Waals surface area contributed by atoms with Gasteiger partial charge in [-0.2, -0.15) is 0 Å². The van der Waals surface area contributed by atoms with Crippen LogP contribution in [0.2, 0.25) is 0 Å². The fourth-order valence-electron chi connectivity index (χ4n) is 1.71. The van der Waals surface area contributed by atoms with Crippen molar-refractivity contribution in [1.29, 1.82) is 0 Å². The lowest BCUT2D eigenvalue weighted by molar-refractivity contribution is 0.118. The average Bonchev–Trinajstić information content (AvgIpc) is 2.21. The van der Waals surface area contributed by atoms with Crippen molar-refractivity contribution in [2.24, 2.45) is 11.8 Å². The van der Waals surface area contributed by atoms with Gasteiger partial charge in [-0.15, -0.1) is 0 Å². The van der Waals surface area contributed by atoms with Gasteiger partial charge in [-0.05, 0) is 49.7 Å². The second-order valence-corrected chi connectivity index (χ2v) is 5.61. The normalized spacial score (nSPS) is 13.1. The number of carbonyl (C=O) groups is 1. The van der Waals surface area contributed by atoms with Crippen LogP contribution < -0.4 is 0 Å². The topological polar surface area (TPSA) is 35.5 Å². The second kappa shape index (κ2) is 8.78. The largest absolute Gasteiger partial charge is 0.518 e. The smallest absolute Gasteiger partial charge is 0.403 e.